The molecule has 0 aliphatic rings. The van der Waals surface area contributed by atoms with Crippen molar-refractivity contribution >= 4 is 45.5 Å². The molecule has 87 heavy (non-hydrogen) atoms. The Kier molecular flexibility index (Phi) is 21.2. The molecule has 0 spiro atoms. The maximum absolute atomic E-state index is 13.7. The van der Waals surface area contributed by atoms with Crippen molar-refractivity contribution in [1.29, 1.82) is 0 Å². The Labute approximate surface area is 517 Å². The van der Waals surface area contributed by atoms with Crippen molar-refractivity contribution < 1.29 is 4.39 Å². The van der Waals surface area contributed by atoms with Crippen LogP contribution in [0.25, 0.3) is 44.5 Å². The van der Waals surface area contributed by atoms with Crippen LogP contribution in [0.2, 0.25) is 0 Å². The molecule has 12 aromatic rings. The third-order valence-electron chi connectivity index (χ3n) is 15.7. The van der Waals surface area contributed by atoms with E-state index in [4.69, 9.17) is 0 Å². The molecular formula is C82H79FN4. The summed E-state index contributed by atoms with van der Waals surface area (Å²) in [5.74, 6) is 0.347. The van der Waals surface area contributed by atoms with Crippen LogP contribution in [0.5, 0.6) is 0 Å². The van der Waals surface area contributed by atoms with Crippen molar-refractivity contribution in [3.05, 3.63) is 337 Å². The summed E-state index contributed by atoms with van der Waals surface area (Å²) < 4.78 is 13.7. The van der Waals surface area contributed by atoms with Crippen LogP contribution in [-0.4, -0.2) is 28.2 Å². The largest absolute Gasteiger partial charge is 0.345 e. The van der Waals surface area contributed by atoms with Gasteiger partial charge in [-0.05, 0) is 174 Å². The second-order valence-electron chi connectivity index (χ2n) is 22.3. The molecule has 5 heteroatoms. The second kappa shape index (κ2) is 30.0. The van der Waals surface area contributed by atoms with Crippen molar-refractivity contribution in [3.8, 4) is 44.5 Å². The van der Waals surface area contributed by atoms with Crippen molar-refractivity contribution in [1.82, 2.24) is 0 Å². The van der Waals surface area contributed by atoms with Gasteiger partial charge in [0.05, 0.1) is 0 Å². The molecule has 0 saturated carbocycles. The van der Waals surface area contributed by atoms with E-state index in [0.29, 0.717) is 5.92 Å². The molecule has 0 radical (unpaired) electrons. The molecule has 0 heterocycles. The first-order valence-corrected chi connectivity index (χ1v) is 29.8. The lowest BCUT2D eigenvalue weighted by Gasteiger charge is -2.23. The first kappa shape index (κ1) is 61.3. The molecule has 0 atom stereocenters. The normalized spacial score (nSPS) is 10.5. The standard InChI is InChI=1S/C22H23N.C20H18FN.2C20H19N/c1-17(2)18-9-13-21(14-10-18)23(3)22-15-11-20(12-16-22)19-7-5-4-6-8-19;1-15-8-11-18(12-9-15)22(2)20-13-10-17(21)14-19(20)16-6-4-3-5-7-16;1-16-11-13-19(14-12-16)21(2)20-10-6-9-18(15-20)17-7-4-3-5-8-17;1-16-8-12-19(13-9-16)21(2)20-14-10-18(11-15-20)17-6-4-3-5-7-17/h4-17H,1-3H3;3-14H,1-2H3;2*3-15H,1-2H3. The topological polar surface area (TPSA) is 13.0 Å². The zero-order valence-electron chi connectivity index (χ0n) is 51.7. The Morgan fingerprint density at radius 2 is 0.552 bits per heavy atom. The molecule has 4 nitrogen and oxygen atoms in total. The smallest absolute Gasteiger partial charge is 0.123 e. The summed E-state index contributed by atoms with van der Waals surface area (Å²) in [6.07, 6.45) is 0. The van der Waals surface area contributed by atoms with Gasteiger partial charge in [0, 0.05) is 79.3 Å². The van der Waals surface area contributed by atoms with E-state index < -0.39 is 0 Å². The Morgan fingerprint density at radius 1 is 0.253 bits per heavy atom. The molecule has 0 N–H and O–H groups in total. The fraction of sp³-hybridized carbons (Fsp3) is 0.122. The molecule has 0 unspecified atom stereocenters. The molecule has 0 bridgehead atoms. The van der Waals surface area contributed by atoms with Crippen molar-refractivity contribution in [2.75, 3.05) is 47.8 Å². The minimum absolute atomic E-state index is 0.222. The summed E-state index contributed by atoms with van der Waals surface area (Å²) in [4.78, 5) is 8.72. The van der Waals surface area contributed by atoms with E-state index >= 15 is 0 Å². The first-order chi connectivity index (χ1) is 42.3. The highest BCUT2D eigenvalue weighted by Gasteiger charge is 2.13. The van der Waals surface area contributed by atoms with Gasteiger partial charge in [-0.25, -0.2) is 4.39 Å². The van der Waals surface area contributed by atoms with Gasteiger partial charge in [-0.2, -0.15) is 0 Å². The number of anilines is 8. The average Bonchev–Trinajstić information content (AvgIpc) is 3.75. The molecule has 0 aliphatic heterocycles. The van der Waals surface area contributed by atoms with Gasteiger partial charge in [0.2, 0.25) is 0 Å². The summed E-state index contributed by atoms with van der Waals surface area (Å²) >= 11 is 0. The Hall–Kier alpha value is -10.2. The molecule has 0 aliphatic carbocycles. The number of rotatable bonds is 13. The molecule has 12 aromatic carbocycles. The molecule has 434 valence electrons. The summed E-state index contributed by atoms with van der Waals surface area (Å²) in [7, 11) is 8.32. The summed E-state index contributed by atoms with van der Waals surface area (Å²) in [5.41, 5.74) is 23.8. The van der Waals surface area contributed by atoms with Crippen LogP contribution in [0.4, 0.5) is 49.9 Å². The van der Waals surface area contributed by atoms with E-state index in [1.54, 1.807) is 6.07 Å². The van der Waals surface area contributed by atoms with Gasteiger partial charge < -0.3 is 19.6 Å². The highest BCUT2D eigenvalue weighted by molar-refractivity contribution is 5.82. The van der Waals surface area contributed by atoms with Gasteiger partial charge in [-0.15, -0.1) is 0 Å². The van der Waals surface area contributed by atoms with Gasteiger partial charge >= 0.3 is 0 Å². The SMILES string of the molecule is CC(C)c1ccc(N(C)c2ccc(-c3ccccc3)cc2)cc1.Cc1ccc(N(C)c2ccc(-c3ccccc3)cc2)cc1.Cc1ccc(N(C)c2ccc(F)cc2-c2ccccc2)cc1.Cc1ccc(N(C)c2cccc(-c3ccccc3)c2)cc1. The number of halogens is 1. The summed E-state index contributed by atoms with van der Waals surface area (Å²) in [6, 6.07) is 107. The molecular weight excluding hydrogens is 1060 g/mol. The molecule has 0 aromatic heterocycles. The summed E-state index contributed by atoms with van der Waals surface area (Å²) in [5, 5.41) is 0. The van der Waals surface area contributed by atoms with Gasteiger partial charge in [-0.3, -0.25) is 0 Å². The van der Waals surface area contributed by atoms with Gasteiger partial charge in [-0.1, -0.05) is 237 Å². The van der Waals surface area contributed by atoms with Crippen LogP contribution in [0.1, 0.15) is 42.0 Å². The lowest BCUT2D eigenvalue weighted by molar-refractivity contribution is 0.628. The van der Waals surface area contributed by atoms with Crippen LogP contribution >= 0.6 is 0 Å². The Balaban J connectivity index is 0.000000138. The number of hydrogen-bond acceptors (Lipinski definition) is 4. The van der Waals surface area contributed by atoms with E-state index in [-0.39, 0.29) is 5.82 Å². The van der Waals surface area contributed by atoms with Crippen molar-refractivity contribution in [3.63, 3.8) is 0 Å². The fourth-order valence-electron chi connectivity index (χ4n) is 10.2. The van der Waals surface area contributed by atoms with Crippen LogP contribution < -0.4 is 19.6 Å². The Bertz CT molecular complexity index is 3980. The quantitative estimate of drug-likeness (QED) is 0.114. The minimum atomic E-state index is -0.222. The molecule has 12 rings (SSSR count). The van der Waals surface area contributed by atoms with Crippen LogP contribution in [0, 0.1) is 26.6 Å². The minimum Gasteiger partial charge on any atom is -0.345 e. The highest BCUT2D eigenvalue weighted by atomic mass is 19.1. The Morgan fingerprint density at radius 3 is 0.931 bits per heavy atom. The van der Waals surface area contributed by atoms with Crippen LogP contribution in [-0.2, 0) is 0 Å². The third-order valence-corrected chi connectivity index (χ3v) is 15.7. The van der Waals surface area contributed by atoms with Crippen molar-refractivity contribution in [2.45, 2.75) is 40.5 Å². The van der Waals surface area contributed by atoms with Gasteiger partial charge in [0.25, 0.3) is 0 Å². The zero-order chi connectivity index (χ0) is 61.1. The lowest BCUT2D eigenvalue weighted by Crippen LogP contribution is -2.10. The zero-order valence-corrected chi connectivity index (χ0v) is 51.7. The first-order valence-electron chi connectivity index (χ1n) is 29.8. The fourth-order valence-corrected chi connectivity index (χ4v) is 10.2. The second-order valence-corrected chi connectivity index (χ2v) is 22.3. The average molecular weight is 1140 g/mol. The van der Waals surface area contributed by atoms with Crippen LogP contribution in [0.15, 0.2) is 309 Å². The van der Waals surface area contributed by atoms with Gasteiger partial charge in [0.15, 0.2) is 0 Å². The predicted molar refractivity (Wildman–Crippen MR) is 374 cm³/mol. The van der Waals surface area contributed by atoms with E-state index in [9.17, 15) is 4.39 Å². The van der Waals surface area contributed by atoms with Crippen molar-refractivity contribution in [2.24, 2.45) is 0 Å². The maximum atomic E-state index is 13.7. The highest BCUT2D eigenvalue weighted by Crippen LogP contribution is 2.36. The monoisotopic (exact) mass is 1140 g/mol. The summed E-state index contributed by atoms with van der Waals surface area (Å²) in [6.45, 7) is 10.7. The van der Waals surface area contributed by atoms with E-state index in [2.05, 4.69) is 318 Å². The maximum Gasteiger partial charge on any atom is 0.123 e. The molecule has 0 amide bonds. The number of hydrogen-bond donors (Lipinski definition) is 0. The van der Waals surface area contributed by atoms with E-state index in [0.717, 1.165) is 22.5 Å². The number of benzene rings is 12. The number of nitrogens with zero attached hydrogens (tertiary/aromatic N) is 4. The number of aryl methyl sites for hydroxylation is 3. The lowest BCUT2D eigenvalue weighted by atomic mass is 10.0. The van der Waals surface area contributed by atoms with Crippen LogP contribution in [0.3, 0.4) is 0 Å². The predicted octanol–water partition coefficient (Wildman–Crippen LogP) is 22.7. The van der Waals surface area contributed by atoms with E-state index in [1.807, 2.05) is 61.6 Å². The molecule has 0 fully saturated rings. The molecule has 0 saturated heterocycles. The van der Waals surface area contributed by atoms with Gasteiger partial charge in [0.1, 0.15) is 5.82 Å². The van der Waals surface area contributed by atoms with E-state index in [1.165, 1.54) is 95.8 Å². The third kappa shape index (κ3) is 16.8.